The number of aliphatic carboxylic acids is 1. The van der Waals surface area contributed by atoms with E-state index in [2.05, 4.69) is 11.3 Å². The maximum atomic E-state index is 10.1. The van der Waals surface area contributed by atoms with Crippen molar-refractivity contribution in [2.75, 3.05) is 6.54 Å². The Morgan fingerprint density at radius 2 is 2.27 bits per heavy atom. The van der Waals surface area contributed by atoms with Gasteiger partial charge >= 0.3 is 5.97 Å². The molecule has 5 N–H and O–H groups in total. The molecule has 0 atom stereocenters. The molecule has 0 saturated carbocycles. The fraction of sp³-hybridized carbons (Fsp3) is 0.167. The standard InChI is InChI=1S/C6H10N2O3/c1-4(6(9)10)11-5(2-7)3-8/h2H,1,3,7-8H2,(H,9,10)/b5-2-. The van der Waals surface area contributed by atoms with Crippen molar-refractivity contribution < 1.29 is 14.6 Å². The molecule has 0 aliphatic heterocycles. The van der Waals surface area contributed by atoms with E-state index in [1.807, 2.05) is 0 Å². The molecule has 0 fully saturated rings. The molecule has 0 saturated heterocycles. The first-order chi connectivity index (χ1) is 5.11. The van der Waals surface area contributed by atoms with Gasteiger partial charge in [-0.05, 0) is 6.58 Å². The number of carbonyl (C=O) groups is 1. The second-order valence-corrected chi connectivity index (χ2v) is 1.67. The molecule has 62 valence electrons. The van der Waals surface area contributed by atoms with Gasteiger partial charge in [0.2, 0.25) is 5.76 Å². The third-order valence-electron chi connectivity index (χ3n) is 0.880. The van der Waals surface area contributed by atoms with Crippen molar-refractivity contribution in [2.45, 2.75) is 0 Å². The lowest BCUT2D eigenvalue weighted by Gasteiger charge is -2.05. The van der Waals surface area contributed by atoms with Crippen LogP contribution in [0.4, 0.5) is 0 Å². The molecule has 0 amide bonds. The first-order valence-corrected chi connectivity index (χ1v) is 2.82. The molecule has 0 spiro atoms. The van der Waals surface area contributed by atoms with E-state index in [4.69, 9.17) is 16.6 Å². The first-order valence-electron chi connectivity index (χ1n) is 2.82. The van der Waals surface area contributed by atoms with Gasteiger partial charge in [-0.25, -0.2) is 4.79 Å². The van der Waals surface area contributed by atoms with Gasteiger partial charge in [-0.2, -0.15) is 0 Å². The third kappa shape index (κ3) is 3.27. The zero-order valence-electron chi connectivity index (χ0n) is 5.91. The summed E-state index contributed by atoms with van der Waals surface area (Å²) in [4.78, 5) is 10.1. The second kappa shape index (κ2) is 4.35. The molecule has 0 radical (unpaired) electrons. The molecule has 5 nitrogen and oxygen atoms in total. The summed E-state index contributed by atoms with van der Waals surface area (Å²) >= 11 is 0. The van der Waals surface area contributed by atoms with Crippen molar-refractivity contribution in [3.63, 3.8) is 0 Å². The summed E-state index contributed by atoms with van der Waals surface area (Å²) in [5.74, 6) is -1.46. The summed E-state index contributed by atoms with van der Waals surface area (Å²) in [6.07, 6.45) is 1.09. The van der Waals surface area contributed by atoms with E-state index in [-0.39, 0.29) is 12.3 Å². The predicted molar refractivity (Wildman–Crippen MR) is 39.2 cm³/mol. The Balaban J connectivity index is 4.04. The Morgan fingerprint density at radius 3 is 2.55 bits per heavy atom. The third-order valence-corrected chi connectivity index (χ3v) is 0.880. The lowest BCUT2D eigenvalue weighted by Crippen LogP contribution is -2.11. The number of carboxylic acid groups (broad SMARTS) is 1. The van der Waals surface area contributed by atoms with E-state index < -0.39 is 11.7 Å². The van der Waals surface area contributed by atoms with Gasteiger partial charge in [-0.1, -0.05) is 0 Å². The van der Waals surface area contributed by atoms with Gasteiger partial charge in [0, 0.05) is 6.20 Å². The highest BCUT2D eigenvalue weighted by Crippen LogP contribution is 2.01. The van der Waals surface area contributed by atoms with Crippen LogP contribution in [-0.4, -0.2) is 17.6 Å². The highest BCUT2D eigenvalue weighted by Gasteiger charge is 2.06. The largest absolute Gasteiger partial charge is 0.475 e. The van der Waals surface area contributed by atoms with Gasteiger partial charge in [0.15, 0.2) is 0 Å². The Labute approximate surface area is 63.9 Å². The zero-order valence-corrected chi connectivity index (χ0v) is 5.91. The van der Waals surface area contributed by atoms with Crippen LogP contribution in [0, 0.1) is 0 Å². The molecule has 0 aliphatic carbocycles. The van der Waals surface area contributed by atoms with Crippen LogP contribution in [0.15, 0.2) is 24.3 Å². The normalized spacial score (nSPS) is 10.8. The highest BCUT2D eigenvalue weighted by molar-refractivity contribution is 5.83. The minimum absolute atomic E-state index is 0.0444. The smallest absolute Gasteiger partial charge is 0.371 e. The van der Waals surface area contributed by atoms with Crippen molar-refractivity contribution in [2.24, 2.45) is 11.5 Å². The summed E-state index contributed by atoms with van der Waals surface area (Å²) in [6.45, 7) is 3.16. The molecular formula is C6H10N2O3. The monoisotopic (exact) mass is 158 g/mol. The fourth-order valence-electron chi connectivity index (χ4n) is 0.346. The predicted octanol–water partition coefficient (Wildman–Crippen LogP) is -0.640. The van der Waals surface area contributed by atoms with E-state index in [9.17, 15) is 4.79 Å². The minimum Gasteiger partial charge on any atom is -0.475 e. The van der Waals surface area contributed by atoms with Crippen molar-refractivity contribution in [3.05, 3.63) is 24.3 Å². The van der Waals surface area contributed by atoms with Crippen molar-refractivity contribution in [1.29, 1.82) is 0 Å². The summed E-state index contributed by atoms with van der Waals surface area (Å²) in [7, 11) is 0. The Hall–Kier alpha value is -1.49. The van der Waals surface area contributed by atoms with Crippen LogP contribution >= 0.6 is 0 Å². The summed E-state index contributed by atoms with van der Waals surface area (Å²) in [5, 5.41) is 8.29. The van der Waals surface area contributed by atoms with E-state index in [0.717, 1.165) is 6.20 Å². The van der Waals surface area contributed by atoms with Crippen molar-refractivity contribution >= 4 is 5.97 Å². The molecule has 0 aliphatic rings. The average molecular weight is 158 g/mol. The van der Waals surface area contributed by atoms with Gasteiger partial charge in [0.25, 0.3) is 0 Å². The van der Waals surface area contributed by atoms with Crippen LogP contribution in [-0.2, 0) is 9.53 Å². The number of hydrogen-bond acceptors (Lipinski definition) is 4. The molecule has 0 aromatic heterocycles. The first kappa shape index (κ1) is 9.51. The number of rotatable bonds is 4. The summed E-state index contributed by atoms with van der Waals surface area (Å²) in [6, 6.07) is 0. The van der Waals surface area contributed by atoms with Gasteiger partial charge in [-0.15, -0.1) is 0 Å². The molecule has 0 heterocycles. The molecule has 0 aromatic rings. The van der Waals surface area contributed by atoms with Crippen LogP contribution < -0.4 is 11.5 Å². The maximum Gasteiger partial charge on any atom is 0.371 e. The minimum atomic E-state index is -1.24. The molecule has 11 heavy (non-hydrogen) atoms. The van der Waals surface area contributed by atoms with Crippen LogP contribution in [0.5, 0.6) is 0 Å². The van der Waals surface area contributed by atoms with Crippen LogP contribution in [0.25, 0.3) is 0 Å². The van der Waals surface area contributed by atoms with Gasteiger partial charge < -0.3 is 21.3 Å². The summed E-state index contributed by atoms with van der Waals surface area (Å²) < 4.78 is 4.63. The second-order valence-electron chi connectivity index (χ2n) is 1.67. The van der Waals surface area contributed by atoms with E-state index >= 15 is 0 Å². The lowest BCUT2D eigenvalue weighted by atomic mass is 10.5. The molecule has 0 aromatic carbocycles. The van der Waals surface area contributed by atoms with Crippen molar-refractivity contribution in [1.82, 2.24) is 0 Å². The van der Waals surface area contributed by atoms with Crippen LogP contribution in [0.2, 0.25) is 0 Å². The zero-order chi connectivity index (χ0) is 8.85. The van der Waals surface area contributed by atoms with Gasteiger partial charge in [0.05, 0.1) is 6.54 Å². The maximum absolute atomic E-state index is 10.1. The molecule has 0 unspecified atom stereocenters. The van der Waals surface area contributed by atoms with Crippen molar-refractivity contribution in [3.8, 4) is 0 Å². The average Bonchev–Trinajstić information content (AvgIpc) is 1.99. The highest BCUT2D eigenvalue weighted by atomic mass is 16.5. The van der Waals surface area contributed by atoms with Gasteiger partial charge in [-0.3, -0.25) is 0 Å². The molecule has 5 heteroatoms. The number of hydrogen-bond donors (Lipinski definition) is 3. The summed E-state index contributed by atoms with van der Waals surface area (Å²) in [5.41, 5.74) is 10.2. The molecule has 0 rings (SSSR count). The SMILES string of the molecule is C=C(O/C(=C\N)CN)C(=O)O. The lowest BCUT2D eigenvalue weighted by molar-refractivity contribution is -0.135. The van der Waals surface area contributed by atoms with E-state index in [1.165, 1.54) is 0 Å². The number of carboxylic acids is 1. The molecular weight excluding hydrogens is 148 g/mol. The number of ether oxygens (including phenoxy) is 1. The van der Waals surface area contributed by atoms with Crippen LogP contribution in [0.1, 0.15) is 0 Å². The Morgan fingerprint density at radius 1 is 1.73 bits per heavy atom. The topological polar surface area (TPSA) is 98.6 Å². The van der Waals surface area contributed by atoms with E-state index in [0.29, 0.717) is 0 Å². The quantitative estimate of drug-likeness (QED) is 0.373. The van der Waals surface area contributed by atoms with Crippen LogP contribution in [0.3, 0.4) is 0 Å². The fourth-order valence-corrected chi connectivity index (χ4v) is 0.346. The van der Waals surface area contributed by atoms with Gasteiger partial charge in [0.1, 0.15) is 5.76 Å². The van der Waals surface area contributed by atoms with E-state index in [1.54, 1.807) is 0 Å². The Kier molecular flexibility index (Phi) is 3.76. The Bertz CT molecular complexity index is 198. The molecule has 0 bridgehead atoms. The number of nitrogens with two attached hydrogens (primary N) is 2.